The smallest absolute Gasteiger partial charge is 0.227 e. The lowest BCUT2D eigenvalue weighted by molar-refractivity contribution is -0.130. The van der Waals surface area contributed by atoms with Crippen molar-refractivity contribution in [1.82, 2.24) is 9.80 Å². The van der Waals surface area contributed by atoms with Gasteiger partial charge in [0.25, 0.3) is 0 Å². The quantitative estimate of drug-likeness (QED) is 0.462. The van der Waals surface area contributed by atoms with Crippen molar-refractivity contribution in [1.29, 1.82) is 0 Å². The number of fused-ring (bicyclic) bond motifs is 2. The first kappa shape index (κ1) is 23.5. The lowest BCUT2D eigenvalue weighted by atomic mass is 9.51. The highest BCUT2D eigenvalue weighted by molar-refractivity contribution is 7.81. The number of nitrogens with zero attached hydrogens (tertiary/aromatic N) is 2. The summed E-state index contributed by atoms with van der Waals surface area (Å²) in [4.78, 5) is 32.6. The molecule has 0 aromatic carbocycles. The van der Waals surface area contributed by atoms with E-state index in [9.17, 15) is 9.59 Å². The Kier molecular flexibility index (Phi) is 4.78. The van der Waals surface area contributed by atoms with Crippen molar-refractivity contribution in [3.63, 3.8) is 0 Å². The Morgan fingerprint density at radius 3 is 1.41 bits per heavy atom. The van der Waals surface area contributed by atoms with Gasteiger partial charge in [-0.1, -0.05) is 66.0 Å². The Morgan fingerprint density at radius 1 is 0.765 bits per heavy atom. The predicted octanol–water partition coefficient (Wildman–Crippen LogP) is 5.77. The molecule has 6 aliphatic rings. The fourth-order valence-electron chi connectivity index (χ4n) is 11.0. The molecule has 2 amide bonds. The Labute approximate surface area is 215 Å². The summed E-state index contributed by atoms with van der Waals surface area (Å²) in [6.07, 6.45) is 7.79. The highest BCUT2D eigenvalue weighted by Gasteiger charge is 2.81. The molecule has 0 aromatic heterocycles. The lowest BCUT2D eigenvalue weighted by Gasteiger charge is -2.50. The molecule has 4 bridgehead atoms. The number of hydrogen-bond donors (Lipinski definition) is 0. The Bertz CT molecular complexity index is 940. The second-order valence-electron chi connectivity index (χ2n) is 13.4. The van der Waals surface area contributed by atoms with E-state index in [1.807, 2.05) is 13.8 Å². The van der Waals surface area contributed by atoms with E-state index >= 15 is 0 Å². The molecule has 34 heavy (non-hydrogen) atoms. The Balaban J connectivity index is 1.58. The zero-order valence-electron chi connectivity index (χ0n) is 21.6. The van der Waals surface area contributed by atoms with Crippen molar-refractivity contribution in [2.45, 2.75) is 105 Å². The number of carbonyl (C=O) groups excluding carboxylic acids is 2. The van der Waals surface area contributed by atoms with Crippen LogP contribution in [0, 0.1) is 45.3 Å². The summed E-state index contributed by atoms with van der Waals surface area (Å²) in [5, 5.41) is 0. The van der Waals surface area contributed by atoms with Gasteiger partial charge in [0.1, 0.15) is 0 Å². The first-order chi connectivity index (χ1) is 15.9. The molecule has 0 N–H and O–H groups in total. The molecular formula is C28H40N2O2S2. The van der Waals surface area contributed by atoms with Gasteiger partial charge in [0.15, 0.2) is 0 Å². The van der Waals surface area contributed by atoms with Crippen LogP contribution < -0.4 is 0 Å². The third-order valence-corrected chi connectivity index (χ3v) is 13.6. The molecular weight excluding hydrogens is 460 g/mol. The number of carbonyl (C=O) groups is 2. The molecule has 0 radical (unpaired) electrons. The molecule has 2 aliphatic heterocycles. The third-order valence-electron chi connectivity index (χ3n) is 12.7. The van der Waals surface area contributed by atoms with Gasteiger partial charge in [-0.15, -0.1) is 0 Å². The summed E-state index contributed by atoms with van der Waals surface area (Å²) in [5.74, 6) is 1.75. The minimum atomic E-state index is -0.0321. The van der Waals surface area contributed by atoms with Crippen LogP contribution in [0.2, 0.25) is 0 Å². The Hall–Kier alpha value is -0.880. The average Bonchev–Trinajstić information content (AvgIpc) is 3.51. The van der Waals surface area contributed by atoms with E-state index in [1.54, 1.807) is 0 Å². The summed E-state index contributed by atoms with van der Waals surface area (Å²) < 4.78 is 0. The number of likely N-dealkylation sites (tertiary alicyclic amines) is 2. The SMILES string of the molecule is CCC(=O)N1C(=S)[C@@H]([C@@H]2C(=S)N(C(=O)CC)[C@H]3C[C@@H]4CC[C@@]32C4(C)C)[C@@]23CC[C@@H](C[C@H]12)C3(C)C. The zero-order valence-corrected chi connectivity index (χ0v) is 23.3. The van der Waals surface area contributed by atoms with E-state index in [4.69, 9.17) is 24.4 Å². The van der Waals surface area contributed by atoms with Crippen molar-refractivity contribution >= 4 is 46.2 Å². The van der Waals surface area contributed by atoms with Gasteiger partial charge in [0, 0.05) is 47.6 Å². The molecule has 8 atom stereocenters. The first-order valence-corrected chi connectivity index (χ1v) is 14.5. The zero-order chi connectivity index (χ0) is 24.6. The molecule has 4 nitrogen and oxygen atoms in total. The maximum Gasteiger partial charge on any atom is 0.227 e. The monoisotopic (exact) mass is 500 g/mol. The minimum absolute atomic E-state index is 0.0321. The maximum atomic E-state index is 13.4. The molecule has 186 valence electrons. The number of rotatable bonds is 3. The van der Waals surface area contributed by atoms with Gasteiger partial charge in [0.05, 0.1) is 9.98 Å². The van der Waals surface area contributed by atoms with E-state index in [-0.39, 0.29) is 57.4 Å². The van der Waals surface area contributed by atoms with Crippen LogP contribution in [0.5, 0.6) is 0 Å². The molecule has 6 heteroatoms. The van der Waals surface area contributed by atoms with Crippen LogP contribution in [0.3, 0.4) is 0 Å². The van der Waals surface area contributed by atoms with Gasteiger partial charge >= 0.3 is 0 Å². The summed E-state index contributed by atoms with van der Waals surface area (Å²) in [6, 6.07) is 0.392. The van der Waals surface area contributed by atoms with Crippen LogP contribution in [-0.2, 0) is 9.59 Å². The predicted molar refractivity (Wildman–Crippen MR) is 141 cm³/mol. The number of hydrogen-bond acceptors (Lipinski definition) is 4. The van der Waals surface area contributed by atoms with Crippen LogP contribution in [0.15, 0.2) is 0 Å². The third kappa shape index (κ3) is 2.21. The van der Waals surface area contributed by atoms with Crippen molar-refractivity contribution in [2.75, 3.05) is 0 Å². The van der Waals surface area contributed by atoms with Gasteiger partial charge in [-0.2, -0.15) is 0 Å². The molecule has 6 fully saturated rings. The van der Waals surface area contributed by atoms with Crippen LogP contribution in [0.1, 0.15) is 92.9 Å². The van der Waals surface area contributed by atoms with Crippen LogP contribution in [0.4, 0.5) is 0 Å². The molecule has 6 rings (SSSR count). The molecule has 4 saturated carbocycles. The van der Waals surface area contributed by atoms with Crippen molar-refractivity contribution in [3.8, 4) is 0 Å². The fraction of sp³-hybridized carbons (Fsp3) is 0.857. The van der Waals surface area contributed by atoms with Crippen LogP contribution >= 0.6 is 24.4 Å². The van der Waals surface area contributed by atoms with Crippen LogP contribution in [0.25, 0.3) is 0 Å². The molecule has 0 aromatic rings. The van der Waals surface area contributed by atoms with Gasteiger partial charge in [-0.25, -0.2) is 0 Å². The van der Waals surface area contributed by atoms with E-state index in [0.717, 1.165) is 35.7 Å². The lowest BCUT2D eigenvalue weighted by Crippen LogP contribution is -2.52. The van der Waals surface area contributed by atoms with Crippen molar-refractivity contribution < 1.29 is 9.59 Å². The van der Waals surface area contributed by atoms with E-state index in [1.165, 1.54) is 12.8 Å². The van der Waals surface area contributed by atoms with E-state index in [2.05, 4.69) is 37.5 Å². The van der Waals surface area contributed by atoms with E-state index < -0.39 is 0 Å². The van der Waals surface area contributed by atoms with Gasteiger partial charge in [0.2, 0.25) is 11.8 Å². The minimum Gasteiger partial charge on any atom is -0.303 e. The van der Waals surface area contributed by atoms with Gasteiger partial charge in [-0.05, 0) is 61.2 Å². The first-order valence-electron chi connectivity index (χ1n) is 13.6. The Morgan fingerprint density at radius 2 is 1.12 bits per heavy atom. The average molecular weight is 501 g/mol. The van der Waals surface area contributed by atoms with Crippen molar-refractivity contribution in [3.05, 3.63) is 0 Å². The van der Waals surface area contributed by atoms with Gasteiger partial charge in [-0.3, -0.25) is 9.59 Å². The van der Waals surface area contributed by atoms with Crippen LogP contribution in [-0.4, -0.2) is 43.7 Å². The second kappa shape index (κ2) is 6.90. The fourth-order valence-corrected chi connectivity index (χ4v) is 12.1. The molecule has 2 spiro atoms. The molecule has 2 heterocycles. The summed E-state index contributed by atoms with van der Waals surface area (Å²) in [5.41, 5.74) is 0.158. The number of amides is 2. The largest absolute Gasteiger partial charge is 0.303 e. The molecule has 0 unspecified atom stereocenters. The topological polar surface area (TPSA) is 40.6 Å². The van der Waals surface area contributed by atoms with E-state index in [0.29, 0.717) is 24.7 Å². The molecule has 4 aliphatic carbocycles. The number of thiocarbonyl (C=S) groups is 2. The summed E-state index contributed by atoms with van der Waals surface area (Å²) in [7, 11) is 0. The highest BCUT2D eigenvalue weighted by atomic mass is 32.1. The summed E-state index contributed by atoms with van der Waals surface area (Å²) in [6.45, 7) is 13.7. The normalized spacial score (nSPS) is 47.0. The standard InChI is InChI=1S/C28H40N2O2S2/c1-7-19(31)29-17-13-15-9-11-27(17,25(15,3)4)21(23(29)33)22-24(34)30(20(32)8-2)18-14-16-10-12-28(18,22)26(16,5)6/h15-18,21-22H,7-14H2,1-6H3/t15-,16-,17-,18-,21+,22+,27+,28+/m0/s1. The van der Waals surface area contributed by atoms with Crippen molar-refractivity contribution in [2.24, 2.45) is 45.3 Å². The second-order valence-corrected chi connectivity index (χ2v) is 14.2. The highest BCUT2D eigenvalue weighted by Crippen LogP contribution is 2.80. The van der Waals surface area contributed by atoms with Gasteiger partial charge < -0.3 is 9.80 Å². The summed E-state index contributed by atoms with van der Waals surface area (Å²) >= 11 is 12.7. The molecule has 2 saturated heterocycles. The maximum absolute atomic E-state index is 13.4.